The number of carboxylic acid groups (broad SMARTS) is 1. The lowest BCUT2D eigenvalue weighted by atomic mass is 10.2. The van der Waals surface area contributed by atoms with Gasteiger partial charge in [0.05, 0.1) is 15.6 Å². The molecule has 1 aromatic carbocycles. The Labute approximate surface area is 120 Å². The van der Waals surface area contributed by atoms with Crippen molar-refractivity contribution in [1.29, 1.82) is 0 Å². The number of benzene rings is 1. The molecule has 0 aliphatic heterocycles. The molecule has 1 rings (SSSR count). The first-order valence-corrected chi connectivity index (χ1v) is 6.30. The van der Waals surface area contributed by atoms with E-state index in [1.165, 1.54) is 12.1 Å². The summed E-state index contributed by atoms with van der Waals surface area (Å²) in [7, 11) is 0. The van der Waals surface area contributed by atoms with Crippen molar-refractivity contribution in [3.05, 3.63) is 27.7 Å². The average molecular weight is 306 g/mol. The Balaban J connectivity index is 2.97. The van der Waals surface area contributed by atoms with Crippen LogP contribution in [0.1, 0.15) is 30.1 Å². The van der Waals surface area contributed by atoms with Crippen molar-refractivity contribution in [3.8, 4) is 0 Å². The first-order valence-electron chi connectivity index (χ1n) is 5.55. The molecule has 5 nitrogen and oxygen atoms in total. The molecule has 1 unspecified atom stereocenters. The average Bonchev–Trinajstić information content (AvgIpc) is 2.32. The quantitative estimate of drug-likeness (QED) is 0.645. The van der Waals surface area contributed by atoms with Crippen LogP contribution in [0.15, 0.2) is 12.1 Å². The first-order chi connectivity index (χ1) is 8.86. The van der Waals surface area contributed by atoms with Gasteiger partial charge in [0.2, 0.25) is 0 Å². The van der Waals surface area contributed by atoms with E-state index in [0.717, 1.165) is 0 Å². The number of carboxylic acids is 1. The SMILES string of the molecule is CCCC(OC(=O)c1cc(N)cc(Cl)c1Cl)C(=O)O. The van der Waals surface area contributed by atoms with Crippen molar-refractivity contribution in [1.82, 2.24) is 0 Å². The van der Waals surface area contributed by atoms with Gasteiger partial charge in [-0.25, -0.2) is 9.59 Å². The van der Waals surface area contributed by atoms with Gasteiger partial charge in [0.25, 0.3) is 0 Å². The third kappa shape index (κ3) is 4.01. The van der Waals surface area contributed by atoms with Crippen LogP contribution < -0.4 is 5.73 Å². The van der Waals surface area contributed by atoms with Gasteiger partial charge < -0.3 is 15.6 Å². The molecule has 3 N–H and O–H groups in total. The highest BCUT2D eigenvalue weighted by Crippen LogP contribution is 2.29. The molecule has 7 heteroatoms. The summed E-state index contributed by atoms with van der Waals surface area (Å²) >= 11 is 11.7. The summed E-state index contributed by atoms with van der Waals surface area (Å²) in [6.07, 6.45) is -0.432. The van der Waals surface area contributed by atoms with Gasteiger partial charge in [0.15, 0.2) is 6.10 Å². The Morgan fingerprint density at radius 2 is 2.05 bits per heavy atom. The number of aliphatic carboxylic acids is 1. The van der Waals surface area contributed by atoms with Crippen molar-refractivity contribution < 1.29 is 19.4 Å². The number of hydrogen-bond acceptors (Lipinski definition) is 4. The van der Waals surface area contributed by atoms with Crippen molar-refractivity contribution in [2.75, 3.05) is 5.73 Å². The monoisotopic (exact) mass is 305 g/mol. The van der Waals surface area contributed by atoms with Crippen LogP contribution in [0.5, 0.6) is 0 Å². The van der Waals surface area contributed by atoms with Crippen LogP contribution in [0, 0.1) is 0 Å². The van der Waals surface area contributed by atoms with Gasteiger partial charge in [-0.15, -0.1) is 0 Å². The number of hydrogen-bond donors (Lipinski definition) is 2. The molecular formula is C12H13Cl2NO4. The number of anilines is 1. The third-order valence-electron chi connectivity index (χ3n) is 2.35. The summed E-state index contributed by atoms with van der Waals surface area (Å²) in [5.41, 5.74) is 5.74. The lowest BCUT2D eigenvalue weighted by Crippen LogP contribution is -2.27. The summed E-state index contributed by atoms with van der Waals surface area (Å²) in [6, 6.07) is 2.68. The molecule has 0 bridgehead atoms. The molecule has 0 saturated heterocycles. The van der Waals surface area contributed by atoms with E-state index in [1.807, 2.05) is 0 Å². The van der Waals surface area contributed by atoms with E-state index < -0.39 is 18.0 Å². The highest BCUT2D eigenvalue weighted by Gasteiger charge is 2.24. The van der Waals surface area contributed by atoms with E-state index in [2.05, 4.69) is 0 Å². The molecular weight excluding hydrogens is 293 g/mol. The highest BCUT2D eigenvalue weighted by molar-refractivity contribution is 6.44. The van der Waals surface area contributed by atoms with E-state index in [1.54, 1.807) is 6.92 Å². The van der Waals surface area contributed by atoms with Gasteiger partial charge in [0.1, 0.15) is 0 Å². The van der Waals surface area contributed by atoms with Crippen LogP contribution in [-0.4, -0.2) is 23.1 Å². The molecule has 19 heavy (non-hydrogen) atoms. The summed E-state index contributed by atoms with van der Waals surface area (Å²) in [6.45, 7) is 1.79. The number of carbonyl (C=O) groups is 2. The van der Waals surface area contributed by atoms with E-state index in [0.29, 0.717) is 6.42 Å². The lowest BCUT2D eigenvalue weighted by molar-refractivity contribution is -0.147. The number of nitrogen functional groups attached to an aromatic ring is 1. The van der Waals surface area contributed by atoms with Crippen LogP contribution in [0.4, 0.5) is 5.69 Å². The van der Waals surface area contributed by atoms with Gasteiger partial charge in [-0.3, -0.25) is 0 Å². The minimum Gasteiger partial charge on any atom is -0.479 e. The zero-order valence-electron chi connectivity index (χ0n) is 10.2. The topological polar surface area (TPSA) is 89.6 Å². The molecule has 104 valence electrons. The Morgan fingerprint density at radius 3 is 2.58 bits per heavy atom. The van der Waals surface area contributed by atoms with E-state index in [9.17, 15) is 9.59 Å². The number of ether oxygens (including phenoxy) is 1. The molecule has 0 spiro atoms. The Bertz CT molecular complexity index is 505. The minimum absolute atomic E-state index is 0.0125. The fourth-order valence-corrected chi connectivity index (χ4v) is 1.86. The normalized spacial score (nSPS) is 11.9. The van der Waals surface area contributed by atoms with E-state index in [-0.39, 0.29) is 27.7 Å². The number of esters is 1. The molecule has 0 amide bonds. The van der Waals surface area contributed by atoms with Crippen LogP contribution >= 0.6 is 23.2 Å². The van der Waals surface area contributed by atoms with Crippen molar-refractivity contribution >= 4 is 40.8 Å². The maximum Gasteiger partial charge on any atom is 0.345 e. The molecule has 0 fully saturated rings. The zero-order chi connectivity index (χ0) is 14.6. The van der Waals surface area contributed by atoms with Crippen molar-refractivity contribution in [3.63, 3.8) is 0 Å². The molecule has 0 aromatic heterocycles. The van der Waals surface area contributed by atoms with Gasteiger partial charge >= 0.3 is 11.9 Å². The second-order valence-corrected chi connectivity index (χ2v) is 4.67. The van der Waals surface area contributed by atoms with E-state index in [4.69, 9.17) is 38.8 Å². The zero-order valence-corrected chi connectivity index (χ0v) is 11.7. The largest absolute Gasteiger partial charge is 0.479 e. The molecule has 0 heterocycles. The van der Waals surface area contributed by atoms with Crippen molar-refractivity contribution in [2.45, 2.75) is 25.9 Å². The lowest BCUT2D eigenvalue weighted by Gasteiger charge is -2.14. The number of rotatable bonds is 5. The van der Waals surface area contributed by atoms with Gasteiger partial charge in [-0.2, -0.15) is 0 Å². The number of nitrogens with two attached hydrogens (primary N) is 1. The standard InChI is InChI=1S/C12H13Cl2NO4/c1-2-3-9(11(16)17)19-12(18)7-4-6(15)5-8(13)10(7)14/h4-5,9H,2-3,15H2,1H3,(H,16,17). The Kier molecular flexibility index (Phi) is 5.44. The molecule has 1 atom stereocenters. The Morgan fingerprint density at radius 1 is 1.42 bits per heavy atom. The van der Waals surface area contributed by atoms with Gasteiger partial charge in [-0.05, 0) is 18.6 Å². The predicted molar refractivity (Wildman–Crippen MR) is 72.6 cm³/mol. The summed E-state index contributed by atoms with van der Waals surface area (Å²) in [4.78, 5) is 22.8. The smallest absolute Gasteiger partial charge is 0.345 e. The molecule has 0 aliphatic carbocycles. The van der Waals surface area contributed by atoms with E-state index >= 15 is 0 Å². The summed E-state index contributed by atoms with van der Waals surface area (Å²) in [5, 5.41) is 9.01. The second kappa shape index (κ2) is 6.63. The Hall–Kier alpha value is -1.46. The highest BCUT2D eigenvalue weighted by atomic mass is 35.5. The first kappa shape index (κ1) is 15.6. The maximum atomic E-state index is 11.9. The molecule has 0 aliphatic rings. The minimum atomic E-state index is -1.21. The molecule has 0 saturated carbocycles. The predicted octanol–water partition coefficient (Wildman–Crippen LogP) is 2.99. The van der Waals surface area contributed by atoms with Crippen LogP contribution in [0.3, 0.4) is 0 Å². The fraction of sp³-hybridized carbons (Fsp3) is 0.333. The number of halogens is 2. The maximum absolute atomic E-state index is 11.9. The van der Waals surface area contributed by atoms with Gasteiger partial charge in [0, 0.05) is 5.69 Å². The molecule has 1 aromatic rings. The van der Waals surface area contributed by atoms with Crippen LogP contribution in [0.2, 0.25) is 10.0 Å². The number of carbonyl (C=O) groups excluding carboxylic acids is 1. The summed E-state index contributed by atoms with van der Waals surface area (Å²) in [5.74, 6) is -2.07. The van der Waals surface area contributed by atoms with Gasteiger partial charge in [-0.1, -0.05) is 36.5 Å². The molecule has 0 radical (unpaired) electrons. The van der Waals surface area contributed by atoms with Crippen LogP contribution in [0.25, 0.3) is 0 Å². The third-order valence-corrected chi connectivity index (χ3v) is 3.15. The summed E-state index contributed by atoms with van der Waals surface area (Å²) < 4.78 is 4.89. The van der Waals surface area contributed by atoms with Crippen LogP contribution in [-0.2, 0) is 9.53 Å². The fourth-order valence-electron chi connectivity index (χ4n) is 1.45. The van der Waals surface area contributed by atoms with Crippen molar-refractivity contribution in [2.24, 2.45) is 0 Å². The second-order valence-electron chi connectivity index (χ2n) is 3.89.